The highest BCUT2D eigenvalue weighted by molar-refractivity contribution is 5.83. The van der Waals surface area contributed by atoms with E-state index in [0.29, 0.717) is 30.9 Å². The predicted molar refractivity (Wildman–Crippen MR) is 94.3 cm³/mol. The van der Waals surface area contributed by atoms with Gasteiger partial charge in [0.15, 0.2) is 0 Å². The van der Waals surface area contributed by atoms with Crippen LogP contribution in [-0.2, 0) is 23.9 Å². The molecule has 1 amide bonds. The van der Waals surface area contributed by atoms with Gasteiger partial charge in [-0.15, -0.1) is 0 Å². The van der Waals surface area contributed by atoms with E-state index in [1.807, 2.05) is 0 Å². The maximum absolute atomic E-state index is 13.3. The Morgan fingerprint density at radius 1 is 1.35 bits per heavy atom. The van der Waals surface area contributed by atoms with Crippen molar-refractivity contribution in [3.63, 3.8) is 0 Å². The van der Waals surface area contributed by atoms with Crippen LogP contribution < -0.4 is 5.73 Å². The lowest BCUT2D eigenvalue weighted by molar-refractivity contribution is -0.144. The van der Waals surface area contributed by atoms with Gasteiger partial charge in [-0.1, -0.05) is 19.9 Å². The lowest BCUT2D eigenvalue weighted by Crippen LogP contribution is -2.46. The number of hydrogen-bond donors (Lipinski definition) is 1. The van der Waals surface area contributed by atoms with Gasteiger partial charge < -0.3 is 10.6 Å². The molecule has 2 atom stereocenters. The molecule has 1 aromatic rings. The summed E-state index contributed by atoms with van der Waals surface area (Å²) in [6.45, 7) is 5.01. The van der Waals surface area contributed by atoms with Gasteiger partial charge in [0.05, 0.1) is 11.0 Å². The molecule has 1 saturated carbocycles. The smallest absolute Gasteiger partial charge is 0.338 e. The molecule has 0 unspecified atom stereocenters. The molecule has 0 aromatic heterocycles. The summed E-state index contributed by atoms with van der Waals surface area (Å²) >= 11 is 0. The Morgan fingerprint density at radius 2 is 2.08 bits per heavy atom. The van der Waals surface area contributed by atoms with E-state index in [-0.39, 0.29) is 18.5 Å². The second-order valence-electron chi connectivity index (χ2n) is 8.34. The Morgan fingerprint density at radius 3 is 2.65 bits per heavy atom. The van der Waals surface area contributed by atoms with E-state index in [4.69, 9.17) is 5.73 Å². The van der Waals surface area contributed by atoms with Crippen LogP contribution in [0.5, 0.6) is 0 Å². The summed E-state index contributed by atoms with van der Waals surface area (Å²) in [5.74, 6) is 0.445. The minimum Gasteiger partial charge on any atom is -0.338 e. The second-order valence-corrected chi connectivity index (χ2v) is 8.34. The van der Waals surface area contributed by atoms with E-state index >= 15 is 0 Å². The van der Waals surface area contributed by atoms with E-state index in [1.54, 1.807) is 11.0 Å². The summed E-state index contributed by atoms with van der Waals surface area (Å²) in [5.41, 5.74) is 6.52. The molecule has 6 heteroatoms. The Labute approximate surface area is 152 Å². The van der Waals surface area contributed by atoms with Crippen LogP contribution in [0, 0.1) is 11.3 Å². The standard InChI is InChI=1S/C20H27F3N2O/c1-13(2)10-19(7-5-17(24)11-19)18(26)25-8-6-14-3-4-16(20(21,22)23)9-15(14)12-25/h3-4,9,13,17H,5-8,10-12,24H2,1-2H3/t17-,19-/m1/s1. The van der Waals surface area contributed by atoms with Gasteiger partial charge in [-0.25, -0.2) is 0 Å². The third kappa shape index (κ3) is 3.75. The van der Waals surface area contributed by atoms with Crippen molar-refractivity contribution < 1.29 is 18.0 Å². The van der Waals surface area contributed by atoms with Gasteiger partial charge in [0.1, 0.15) is 0 Å². The summed E-state index contributed by atoms with van der Waals surface area (Å²) in [4.78, 5) is 15.1. The highest BCUT2D eigenvalue weighted by Crippen LogP contribution is 2.45. The molecule has 1 aliphatic heterocycles. The summed E-state index contributed by atoms with van der Waals surface area (Å²) < 4.78 is 39.0. The first-order valence-electron chi connectivity index (χ1n) is 9.35. The first kappa shape index (κ1) is 19.2. The minimum atomic E-state index is -4.36. The fourth-order valence-electron chi connectivity index (χ4n) is 4.66. The minimum absolute atomic E-state index is 0.0339. The zero-order valence-electron chi connectivity index (χ0n) is 15.4. The van der Waals surface area contributed by atoms with Crippen LogP contribution >= 0.6 is 0 Å². The number of carbonyl (C=O) groups is 1. The van der Waals surface area contributed by atoms with Crippen molar-refractivity contribution in [2.45, 2.75) is 64.7 Å². The van der Waals surface area contributed by atoms with E-state index in [1.165, 1.54) is 6.07 Å². The van der Waals surface area contributed by atoms with Crippen molar-refractivity contribution in [2.75, 3.05) is 6.54 Å². The molecule has 26 heavy (non-hydrogen) atoms. The molecular formula is C20H27F3N2O. The number of amides is 1. The van der Waals surface area contributed by atoms with Gasteiger partial charge >= 0.3 is 6.18 Å². The molecule has 2 N–H and O–H groups in total. The molecule has 0 bridgehead atoms. The molecule has 0 saturated heterocycles. The van der Waals surface area contributed by atoms with Gasteiger partial charge in [0.2, 0.25) is 5.91 Å². The predicted octanol–water partition coefficient (Wildman–Crippen LogP) is 4.13. The number of carbonyl (C=O) groups excluding carboxylic acids is 1. The van der Waals surface area contributed by atoms with Crippen molar-refractivity contribution >= 4 is 5.91 Å². The van der Waals surface area contributed by atoms with Crippen molar-refractivity contribution in [3.8, 4) is 0 Å². The second kappa shape index (κ2) is 6.87. The topological polar surface area (TPSA) is 46.3 Å². The zero-order chi connectivity index (χ0) is 19.1. The molecule has 0 radical (unpaired) electrons. The number of alkyl halides is 3. The quantitative estimate of drug-likeness (QED) is 0.872. The van der Waals surface area contributed by atoms with Gasteiger partial charge in [0, 0.05) is 19.1 Å². The fraction of sp³-hybridized carbons (Fsp3) is 0.650. The van der Waals surface area contributed by atoms with Gasteiger partial charge in [-0.3, -0.25) is 4.79 Å². The van der Waals surface area contributed by atoms with E-state index in [2.05, 4.69) is 13.8 Å². The zero-order valence-corrected chi connectivity index (χ0v) is 15.4. The van der Waals surface area contributed by atoms with Crippen molar-refractivity contribution in [2.24, 2.45) is 17.1 Å². The summed E-state index contributed by atoms with van der Waals surface area (Å²) in [6.07, 6.45) is -0.693. The molecule has 1 heterocycles. The molecule has 2 aliphatic rings. The molecular weight excluding hydrogens is 341 g/mol. The first-order chi connectivity index (χ1) is 12.1. The lowest BCUT2D eigenvalue weighted by Gasteiger charge is -2.38. The average Bonchev–Trinajstić information content (AvgIpc) is 2.93. The van der Waals surface area contributed by atoms with Crippen molar-refractivity contribution in [3.05, 3.63) is 34.9 Å². The number of nitrogens with two attached hydrogens (primary N) is 1. The van der Waals surface area contributed by atoms with Crippen LogP contribution in [0.2, 0.25) is 0 Å². The van der Waals surface area contributed by atoms with E-state index in [0.717, 1.165) is 30.9 Å². The normalized spacial score (nSPS) is 26.3. The Hall–Kier alpha value is -1.56. The van der Waals surface area contributed by atoms with Gasteiger partial charge in [-0.2, -0.15) is 13.2 Å². The van der Waals surface area contributed by atoms with Crippen LogP contribution in [0.1, 0.15) is 56.2 Å². The highest BCUT2D eigenvalue weighted by atomic mass is 19.4. The van der Waals surface area contributed by atoms with Gasteiger partial charge in [-0.05, 0) is 61.3 Å². The maximum Gasteiger partial charge on any atom is 0.416 e. The Kier molecular flexibility index (Phi) is 5.08. The number of halogens is 3. The number of fused-ring (bicyclic) bond motifs is 1. The summed E-state index contributed by atoms with van der Waals surface area (Å²) in [7, 11) is 0. The maximum atomic E-state index is 13.3. The van der Waals surface area contributed by atoms with Crippen LogP contribution in [0.15, 0.2) is 18.2 Å². The molecule has 3 nitrogen and oxygen atoms in total. The van der Waals surface area contributed by atoms with Gasteiger partial charge in [0.25, 0.3) is 0 Å². The largest absolute Gasteiger partial charge is 0.416 e. The number of hydrogen-bond acceptors (Lipinski definition) is 2. The number of rotatable bonds is 3. The monoisotopic (exact) mass is 368 g/mol. The van der Waals surface area contributed by atoms with Crippen LogP contribution in [0.3, 0.4) is 0 Å². The fourth-order valence-corrected chi connectivity index (χ4v) is 4.66. The average molecular weight is 368 g/mol. The lowest BCUT2D eigenvalue weighted by atomic mass is 9.76. The van der Waals surface area contributed by atoms with Crippen LogP contribution in [0.25, 0.3) is 0 Å². The Balaban J connectivity index is 1.83. The third-order valence-corrected chi connectivity index (χ3v) is 5.73. The molecule has 1 fully saturated rings. The third-order valence-electron chi connectivity index (χ3n) is 5.73. The van der Waals surface area contributed by atoms with E-state index in [9.17, 15) is 18.0 Å². The molecule has 1 aromatic carbocycles. The Bertz CT molecular complexity index is 686. The van der Waals surface area contributed by atoms with Crippen molar-refractivity contribution in [1.82, 2.24) is 4.90 Å². The molecule has 3 rings (SSSR count). The molecule has 144 valence electrons. The van der Waals surface area contributed by atoms with Crippen LogP contribution in [-0.4, -0.2) is 23.4 Å². The van der Waals surface area contributed by atoms with E-state index < -0.39 is 17.2 Å². The molecule has 0 spiro atoms. The van der Waals surface area contributed by atoms with Crippen LogP contribution in [0.4, 0.5) is 13.2 Å². The summed E-state index contributed by atoms with van der Waals surface area (Å²) in [5, 5.41) is 0. The number of nitrogens with zero attached hydrogens (tertiary/aromatic N) is 1. The number of benzene rings is 1. The summed E-state index contributed by atoms with van der Waals surface area (Å²) in [6, 6.07) is 3.92. The highest BCUT2D eigenvalue weighted by Gasteiger charge is 2.46. The van der Waals surface area contributed by atoms with Crippen molar-refractivity contribution in [1.29, 1.82) is 0 Å². The SMILES string of the molecule is CC(C)C[C@]1(C(=O)N2CCc3ccc(C(F)(F)F)cc3C2)CC[C@@H](N)C1. The first-order valence-corrected chi connectivity index (χ1v) is 9.35. The molecule has 1 aliphatic carbocycles.